The van der Waals surface area contributed by atoms with Crippen LogP contribution in [0, 0.1) is 5.82 Å². The Morgan fingerprint density at radius 2 is 1.84 bits per heavy atom. The van der Waals surface area contributed by atoms with Gasteiger partial charge in [0.25, 0.3) is 0 Å². The fraction of sp³-hybridized carbons (Fsp3) is 0.350. The number of carbonyl (C=O) groups is 1. The van der Waals surface area contributed by atoms with Crippen molar-refractivity contribution in [2.24, 2.45) is 0 Å². The van der Waals surface area contributed by atoms with Crippen molar-refractivity contribution in [1.29, 1.82) is 0 Å². The molecule has 0 aliphatic heterocycles. The number of benzene rings is 2. The maximum Gasteiger partial charge on any atom is 0.225 e. The molecular formula is C20H25FN2O2. The lowest BCUT2D eigenvalue weighted by Gasteiger charge is -2.18. The number of anilines is 1. The molecule has 134 valence electrons. The first-order chi connectivity index (χ1) is 12.0. The molecule has 5 heteroatoms. The van der Waals surface area contributed by atoms with E-state index in [0.717, 1.165) is 17.7 Å². The van der Waals surface area contributed by atoms with Crippen LogP contribution in [-0.4, -0.2) is 23.6 Å². The molecule has 1 amide bonds. The molecule has 0 fully saturated rings. The summed E-state index contributed by atoms with van der Waals surface area (Å²) in [6.45, 7) is 4.08. The van der Waals surface area contributed by atoms with Crippen molar-refractivity contribution in [3.63, 3.8) is 0 Å². The molecule has 4 nitrogen and oxygen atoms in total. The summed E-state index contributed by atoms with van der Waals surface area (Å²) in [4.78, 5) is 12.2. The lowest BCUT2D eigenvalue weighted by atomic mass is 10.1. The number of aliphatic hydroxyl groups is 1. The monoisotopic (exact) mass is 344 g/mol. The van der Waals surface area contributed by atoms with E-state index in [2.05, 4.69) is 10.6 Å². The smallest absolute Gasteiger partial charge is 0.225 e. The van der Waals surface area contributed by atoms with Crippen molar-refractivity contribution in [3.8, 4) is 0 Å². The molecule has 0 unspecified atom stereocenters. The van der Waals surface area contributed by atoms with Crippen LogP contribution in [-0.2, 0) is 11.2 Å². The molecule has 0 heterocycles. The average Bonchev–Trinajstić information content (AvgIpc) is 2.60. The summed E-state index contributed by atoms with van der Waals surface area (Å²) >= 11 is 0. The van der Waals surface area contributed by atoms with Crippen LogP contribution in [0.3, 0.4) is 0 Å². The van der Waals surface area contributed by atoms with Crippen LogP contribution in [0.2, 0.25) is 0 Å². The number of rotatable bonds is 8. The Hall–Kier alpha value is -2.24. The van der Waals surface area contributed by atoms with E-state index in [9.17, 15) is 14.3 Å². The molecule has 2 rings (SSSR count). The number of amides is 1. The summed E-state index contributed by atoms with van der Waals surface area (Å²) in [5.41, 5.74) is 2.17. The number of nitrogens with one attached hydrogen (secondary N) is 2. The zero-order valence-electron chi connectivity index (χ0n) is 14.6. The molecule has 25 heavy (non-hydrogen) atoms. The quantitative estimate of drug-likeness (QED) is 0.687. The van der Waals surface area contributed by atoms with Crippen molar-refractivity contribution in [3.05, 3.63) is 65.5 Å². The van der Waals surface area contributed by atoms with Gasteiger partial charge in [0.1, 0.15) is 5.82 Å². The third kappa shape index (κ3) is 5.66. The van der Waals surface area contributed by atoms with Crippen LogP contribution in [0.25, 0.3) is 0 Å². The van der Waals surface area contributed by atoms with Crippen LogP contribution in [0.5, 0.6) is 0 Å². The number of hydrogen-bond acceptors (Lipinski definition) is 3. The Balaban J connectivity index is 1.82. The number of carbonyl (C=O) groups excluding carboxylic acids is 1. The van der Waals surface area contributed by atoms with Gasteiger partial charge in [-0.05, 0) is 31.0 Å². The van der Waals surface area contributed by atoms with Crippen LogP contribution in [0.1, 0.15) is 37.5 Å². The van der Waals surface area contributed by atoms with E-state index in [4.69, 9.17) is 0 Å². The summed E-state index contributed by atoms with van der Waals surface area (Å²) in [7, 11) is 0. The van der Waals surface area contributed by atoms with Gasteiger partial charge >= 0.3 is 0 Å². The third-order valence-corrected chi connectivity index (χ3v) is 4.09. The summed E-state index contributed by atoms with van der Waals surface area (Å²) in [5.74, 6) is -0.528. The zero-order valence-corrected chi connectivity index (χ0v) is 14.6. The van der Waals surface area contributed by atoms with Gasteiger partial charge in [-0.25, -0.2) is 4.39 Å². The maximum atomic E-state index is 13.6. The normalized spacial score (nSPS) is 13.3. The molecular weight excluding hydrogens is 319 g/mol. The first kappa shape index (κ1) is 19.1. The molecule has 0 bridgehead atoms. The number of para-hydroxylation sites is 1. The van der Waals surface area contributed by atoms with Crippen LogP contribution in [0.4, 0.5) is 10.1 Å². The molecule has 0 aliphatic carbocycles. The van der Waals surface area contributed by atoms with Crippen LogP contribution >= 0.6 is 0 Å². The van der Waals surface area contributed by atoms with Gasteiger partial charge in [-0.2, -0.15) is 0 Å². The Labute approximate surface area is 148 Å². The molecule has 0 saturated heterocycles. The van der Waals surface area contributed by atoms with Crippen molar-refractivity contribution >= 4 is 11.6 Å². The molecule has 0 spiro atoms. The van der Waals surface area contributed by atoms with Gasteiger partial charge < -0.3 is 15.7 Å². The minimum absolute atomic E-state index is 0.0960. The summed E-state index contributed by atoms with van der Waals surface area (Å²) in [5, 5.41) is 16.1. The second-order valence-electron chi connectivity index (χ2n) is 6.11. The Morgan fingerprint density at radius 3 is 2.56 bits per heavy atom. The maximum absolute atomic E-state index is 13.6. The summed E-state index contributed by atoms with van der Waals surface area (Å²) < 4.78 is 13.6. The van der Waals surface area contributed by atoms with Gasteiger partial charge in [0.05, 0.1) is 6.10 Å². The number of halogens is 1. The van der Waals surface area contributed by atoms with Crippen LogP contribution in [0.15, 0.2) is 48.5 Å². The predicted molar refractivity (Wildman–Crippen MR) is 97.9 cm³/mol. The minimum Gasteiger partial charge on any atom is -0.387 e. The first-order valence-corrected chi connectivity index (χ1v) is 8.54. The van der Waals surface area contributed by atoms with E-state index < -0.39 is 11.9 Å². The predicted octanol–water partition coefficient (Wildman–Crippen LogP) is 3.43. The molecule has 0 saturated carbocycles. The second-order valence-corrected chi connectivity index (χ2v) is 6.11. The highest BCUT2D eigenvalue weighted by Gasteiger charge is 2.15. The molecule has 0 aromatic heterocycles. The van der Waals surface area contributed by atoms with Crippen molar-refractivity contribution in [1.82, 2.24) is 5.32 Å². The highest BCUT2D eigenvalue weighted by Crippen LogP contribution is 2.17. The number of aliphatic hydroxyl groups excluding tert-OH is 1. The van der Waals surface area contributed by atoms with Gasteiger partial charge in [0.2, 0.25) is 5.91 Å². The van der Waals surface area contributed by atoms with Gasteiger partial charge in [0, 0.05) is 30.3 Å². The van der Waals surface area contributed by atoms with Gasteiger partial charge in [-0.15, -0.1) is 0 Å². The van der Waals surface area contributed by atoms with Crippen molar-refractivity contribution in [2.75, 3.05) is 11.9 Å². The molecule has 0 aliphatic rings. The van der Waals surface area contributed by atoms with Gasteiger partial charge in [0.15, 0.2) is 0 Å². The first-order valence-electron chi connectivity index (χ1n) is 8.54. The molecule has 2 atom stereocenters. The van der Waals surface area contributed by atoms with Gasteiger partial charge in [-0.1, -0.05) is 43.3 Å². The van der Waals surface area contributed by atoms with E-state index >= 15 is 0 Å². The second kappa shape index (κ2) is 9.30. The van der Waals surface area contributed by atoms with E-state index in [0.29, 0.717) is 0 Å². The average molecular weight is 344 g/mol. The number of hydrogen-bond donors (Lipinski definition) is 3. The lowest BCUT2D eigenvalue weighted by molar-refractivity contribution is -0.116. The molecule has 3 N–H and O–H groups in total. The van der Waals surface area contributed by atoms with E-state index in [1.54, 1.807) is 18.2 Å². The Kier molecular flexibility index (Phi) is 7.10. The fourth-order valence-corrected chi connectivity index (χ4v) is 2.67. The Morgan fingerprint density at radius 1 is 1.16 bits per heavy atom. The van der Waals surface area contributed by atoms with Crippen LogP contribution < -0.4 is 10.6 Å². The van der Waals surface area contributed by atoms with E-state index in [-0.39, 0.29) is 30.5 Å². The molecule has 0 radical (unpaired) electrons. The third-order valence-electron chi connectivity index (χ3n) is 4.09. The summed E-state index contributed by atoms with van der Waals surface area (Å²) in [6.07, 6.45) is 0.161. The topological polar surface area (TPSA) is 61.4 Å². The highest BCUT2D eigenvalue weighted by atomic mass is 19.1. The van der Waals surface area contributed by atoms with Gasteiger partial charge in [-0.3, -0.25) is 4.79 Å². The number of aryl methyl sites for hydroxylation is 1. The van der Waals surface area contributed by atoms with E-state index in [1.807, 2.05) is 38.1 Å². The standard InChI is InChI=1S/C20H25FN2O2/c1-3-15-8-4-7-11-18(15)23-20(25)12-14(2)22-13-19(24)16-9-5-6-10-17(16)21/h4-11,14,19,22,24H,3,12-13H2,1-2H3,(H,23,25)/t14-,19-/m1/s1. The largest absolute Gasteiger partial charge is 0.387 e. The van der Waals surface area contributed by atoms with Crippen molar-refractivity contribution in [2.45, 2.75) is 38.8 Å². The van der Waals surface area contributed by atoms with Crippen molar-refractivity contribution < 1.29 is 14.3 Å². The molecule has 2 aromatic rings. The SMILES string of the molecule is CCc1ccccc1NC(=O)C[C@@H](C)NC[C@@H](O)c1ccccc1F. The lowest BCUT2D eigenvalue weighted by Crippen LogP contribution is -2.34. The molecule has 2 aromatic carbocycles. The minimum atomic E-state index is -0.951. The fourth-order valence-electron chi connectivity index (χ4n) is 2.67. The highest BCUT2D eigenvalue weighted by molar-refractivity contribution is 5.91. The Bertz CT molecular complexity index is 706. The summed E-state index contributed by atoms with van der Waals surface area (Å²) in [6, 6.07) is 13.7. The zero-order chi connectivity index (χ0) is 18.2. The van der Waals surface area contributed by atoms with E-state index in [1.165, 1.54) is 6.07 Å².